The minimum Gasteiger partial charge on any atom is -0.493 e. The maximum Gasteiger partial charge on any atom is 0.161 e. The zero-order valence-electron chi connectivity index (χ0n) is 12.3. The van der Waals surface area contributed by atoms with Crippen LogP contribution in [0.25, 0.3) is 0 Å². The van der Waals surface area contributed by atoms with Crippen molar-refractivity contribution in [3.05, 3.63) is 23.8 Å². The Labute approximate surface area is 115 Å². The van der Waals surface area contributed by atoms with Gasteiger partial charge in [-0.3, -0.25) is 0 Å². The van der Waals surface area contributed by atoms with E-state index in [4.69, 9.17) is 14.2 Å². The van der Waals surface area contributed by atoms with Gasteiger partial charge >= 0.3 is 0 Å². The highest BCUT2D eigenvalue weighted by Gasteiger charge is 2.14. The van der Waals surface area contributed by atoms with Gasteiger partial charge in [-0.05, 0) is 30.5 Å². The van der Waals surface area contributed by atoms with Crippen LogP contribution in [0.1, 0.15) is 32.4 Å². The molecule has 0 bridgehead atoms. The predicted molar refractivity (Wildman–Crippen MR) is 74.8 cm³/mol. The van der Waals surface area contributed by atoms with Crippen LogP contribution in [-0.4, -0.2) is 32.0 Å². The average molecular weight is 268 g/mol. The quantitative estimate of drug-likeness (QED) is 0.826. The number of methoxy groups -OCH3 is 2. The molecule has 0 aliphatic carbocycles. The maximum atomic E-state index is 10.1. The Morgan fingerprint density at radius 1 is 1.05 bits per heavy atom. The van der Waals surface area contributed by atoms with Gasteiger partial charge in [0.2, 0.25) is 0 Å². The van der Waals surface area contributed by atoms with E-state index in [1.165, 1.54) is 0 Å². The molecule has 0 aromatic heterocycles. The van der Waals surface area contributed by atoms with Gasteiger partial charge in [-0.1, -0.05) is 19.9 Å². The molecule has 0 aliphatic heterocycles. The second-order valence-corrected chi connectivity index (χ2v) is 4.91. The first kappa shape index (κ1) is 15.8. The summed E-state index contributed by atoms with van der Waals surface area (Å²) in [5.74, 6) is 1.68. The fraction of sp³-hybridized carbons (Fsp3) is 0.600. The van der Waals surface area contributed by atoms with Gasteiger partial charge in [0.25, 0.3) is 0 Å². The summed E-state index contributed by atoms with van der Waals surface area (Å²) < 4.78 is 16.0. The van der Waals surface area contributed by atoms with E-state index in [2.05, 4.69) is 13.8 Å². The van der Waals surface area contributed by atoms with Crippen LogP contribution < -0.4 is 9.47 Å². The molecule has 4 heteroatoms. The number of benzene rings is 1. The van der Waals surface area contributed by atoms with Crippen LogP contribution in [0.3, 0.4) is 0 Å². The predicted octanol–water partition coefficient (Wildman–Crippen LogP) is 2.80. The monoisotopic (exact) mass is 268 g/mol. The fourth-order valence-electron chi connectivity index (χ4n) is 1.59. The third-order valence-electron chi connectivity index (χ3n) is 3.25. The summed E-state index contributed by atoms with van der Waals surface area (Å²) in [6, 6.07) is 5.37. The third kappa shape index (κ3) is 4.40. The maximum absolute atomic E-state index is 10.1. The van der Waals surface area contributed by atoms with E-state index in [1.807, 2.05) is 13.0 Å². The molecule has 0 spiro atoms. The lowest BCUT2D eigenvalue weighted by Crippen LogP contribution is -2.19. The van der Waals surface area contributed by atoms with Crippen LogP contribution in [0.2, 0.25) is 0 Å². The van der Waals surface area contributed by atoms with Gasteiger partial charge in [-0.15, -0.1) is 0 Å². The molecule has 108 valence electrons. The first-order chi connectivity index (χ1) is 8.99. The van der Waals surface area contributed by atoms with Crippen molar-refractivity contribution < 1.29 is 19.3 Å². The molecular formula is C15H24O4. The van der Waals surface area contributed by atoms with Gasteiger partial charge in [-0.2, -0.15) is 0 Å². The number of aliphatic hydroxyl groups excluding tert-OH is 1. The molecule has 0 fully saturated rings. The Morgan fingerprint density at radius 2 is 1.68 bits per heavy atom. The van der Waals surface area contributed by atoms with Gasteiger partial charge in [0.05, 0.1) is 26.9 Å². The molecule has 2 atom stereocenters. The smallest absolute Gasteiger partial charge is 0.161 e. The van der Waals surface area contributed by atoms with Crippen LogP contribution in [0.5, 0.6) is 11.5 Å². The second kappa shape index (κ2) is 7.36. The summed E-state index contributed by atoms with van der Waals surface area (Å²) in [6.45, 7) is 6.46. The molecular weight excluding hydrogens is 244 g/mol. The summed E-state index contributed by atoms with van der Waals surface area (Å²) in [5.41, 5.74) is 0.758. The summed E-state index contributed by atoms with van der Waals surface area (Å²) >= 11 is 0. The van der Waals surface area contributed by atoms with Crippen LogP contribution in [-0.2, 0) is 4.74 Å². The largest absolute Gasteiger partial charge is 0.493 e. The van der Waals surface area contributed by atoms with Crippen LogP contribution in [0.15, 0.2) is 18.2 Å². The van der Waals surface area contributed by atoms with E-state index in [0.29, 0.717) is 17.4 Å². The Morgan fingerprint density at radius 3 is 2.21 bits per heavy atom. The van der Waals surface area contributed by atoms with Crippen molar-refractivity contribution in [2.75, 3.05) is 20.8 Å². The van der Waals surface area contributed by atoms with Crippen molar-refractivity contribution in [3.8, 4) is 11.5 Å². The van der Waals surface area contributed by atoms with E-state index in [0.717, 1.165) is 5.56 Å². The number of hydrogen-bond donors (Lipinski definition) is 1. The SMILES string of the molecule is COc1ccc(C(O)COC(C)C(C)C)cc1OC. The lowest BCUT2D eigenvalue weighted by atomic mass is 10.1. The number of aliphatic hydroxyl groups is 1. The Kier molecular flexibility index (Phi) is 6.12. The van der Waals surface area contributed by atoms with Gasteiger partial charge in [-0.25, -0.2) is 0 Å². The topological polar surface area (TPSA) is 47.9 Å². The van der Waals surface area contributed by atoms with Crippen molar-refractivity contribution >= 4 is 0 Å². The molecule has 0 saturated carbocycles. The summed E-state index contributed by atoms with van der Waals surface area (Å²) in [4.78, 5) is 0. The van der Waals surface area contributed by atoms with E-state index < -0.39 is 6.10 Å². The lowest BCUT2D eigenvalue weighted by molar-refractivity contribution is -0.0207. The first-order valence-corrected chi connectivity index (χ1v) is 6.51. The van der Waals surface area contributed by atoms with E-state index in [9.17, 15) is 5.11 Å². The standard InChI is InChI=1S/C15H24O4/c1-10(2)11(3)19-9-13(16)12-6-7-14(17-4)15(8-12)18-5/h6-8,10-11,13,16H,9H2,1-5H3. The van der Waals surface area contributed by atoms with Gasteiger partial charge in [0.15, 0.2) is 11.5 Å². The highest BCUT2D eigenvalue weighted by molar-refractivity contribution is 5.43. The van der Waals surface area contributed by atoms with Crippen molar-refractivity contribution in [2.24, 2.45) is 5.92 Å². The number of ether oxygens (including phenoxy) is 3. The summed E-state index contributed by atoms with van der Waals surface area (Å²) in [5, 5.41) is 10.1. The highest BCUT2D eigenvalue weighted by Crippen LogP contribution is 2.30. The van der Waals surface area contributed by atoms with E-state index in [1.54, 1.807) is 26.4 Å². The average Bonchev–Trinajstić information content (AvgIpc) is 2.43. The Balaban J connectivity index is 2.69. The minimum absolute atomic E-state index is 0.120. The molecule has 1 N–H and O–H groups in total. The second-order valence-electron chi connectivity index (χ2n) is 4.91. The van der Waals surface area contributed by atoms with Crippen molar-refractivity contribution in [2.45, 2.75) is 33.0 Å². The zero-order valence-corrected chi connectivity index (χ0v) is 12.3. The molecule has 0 saturated heterocycles. The van der Waals surface area contributed by atoms with Crippen LogP contribution in [0.4, 0.5) is 0 Å². The zero-order chi connectivity index (χ0) is 14.4. The molecule has 0 amide bonds. The first-order valence-electron chi connectivity index (χ1n) is 6.51. The van der Waals surface area contributed by atoms with Gasteiger partial charge in [0, 0.05) is 0 Å². The van der Waals surface area contributed by atoms with E-state index >= 15 is 0 Å². The molecule has 1 rings (SSSR count). The van der Waals surface area contributed by atoms with Crippen molar-refractivity contribution in [1.82, 2.24) is 0 Å². The summed E-state index contributed by atoms with van der Waals surface area (Å²) in [7, 11) is 3.16. The number of hydrogen-bond acceptors (Lipinski definition) is 4. The molecule has 1 aromatic carbocycles. The Hall–Kier alpha value is -1.26. The minimum atomic E-state index is -0.666. The van der Waals surface area contributed by atoms with Crippen LogP contribution >= 0.6 is 0 Å². The molecule has 2 unspecified atom stereocenters. The number of rotatable bonds is 7. The summed E-state index contributed by atoms with van der Waals surface area (Å²) in [6.07, 6.45) is -0.546. The molecule has 0 aliphatic rings. The molecule has 4 nitrogen and oxygen atoms in total. The van der Waals surface area contributed by atoms with Crippen molar-refractivity contribution in [3.63, 3.8) is 0 Å². The van der Waals surface area contributed by atoms with E-state index in [-0.39, 0.29) is 12.7 Å². The molecule has 0 radical (unpaired) electrons. The fourth-order valence-corrected chi connectivity index (χ4v) is 1.59. The molecule has 0 heterocycles. The highest BCUT2D eigenvalue weighted by atomic mass is 16.5. The molecule has 1 aromatic rings. The normalized spacial score (nSPS) is 14.3. The van der Waals surface area contributed by atoms with Gasteiger partial charge < -0.3 is 19.3 Å². The van der Waals surface area contributed by atoms with Gasteiger partial charge in [0.1, 0.15) is 6.10 Å². The lowest BCUT2D eigenvalue weighted by Gasteiger charge is -2.20. The van der Waals surface area contributed by atoms with Crippen LogP contribution in [0, 0.1) is 5.92 Å². The Bertz CT molecular complexity index is 390. The molecule has 19 heavy (non-hydrogen) atoms. The third-order valence-corrected chi connectivity index (χ3v) is 3.25. The van der Waals surface area contributed by atoms with Crippen molar-refractivity contribution in [1.29, 1.82) is 0 Å².